The Hall–Kier alpha value is -0.870. The molecule has 1 aliphatic rings. The van der Waals surface area contributed by atoms with Gasteiger partial charge in [0.05, 0.1) is 0 Å². The zero-order chi connectivity index (χ0) is 11.5. The highest BCUT2D eigenvalue weighted by molar-refractivity contribution is 9.10. The van der Waals surface area contributed by atoms with Gasteiger partial charge in [-0.15, -0.1) is 0 Å². The maximum atomic E-state index is 12.1. The summed E-state index contributed by atoms with van der Waals surface area (Å²) >= 11 is 3.36. The number of nitrogens with two attached hydrogens (primary N) is 1. The lowest BCUT2D eigenvalue weighted by molar-refractivity contribution is 0.0787. The second-order valence-corrected chi connectivity index (χ2v) is 5.06. The first kappa shape index (κ1) is 11.6. The molecule has 0 aromatic heterocycles. The summed E-state index contributed by atoms with van der Waals surface area (Å²) in [6.45, 7) is 2.30. The van der Waals surface area contributed by atoms with Gasteiger partial charge in [-0.05, 0) is 43.1 Å². The summed E-state index contributed by atoms with van der Waals surface area (Å²) in [5.41, 5.74) is 6.36. The molecule has 2 rings (SSSR count). The average Bonchev–Trinajstić information content (AvgIpc) is 2.77. The smallest absolute Gasteiger partial charge is 0.253 e. The molecule has 0 radical (unpaired) electrons. The largest absolute Gasteiger partial charge is 0.338 e. The van der Waals surface area contributed by atoms with Crippen LogP contribution in [-0.2, 0) is 0 Å². The Balaban J connectivity index is 2.05. The van der Waals surface area contributed by atoms with E-state index in [0.29, 0.717) is 12.5 Å². The summed E-state index contributed by atoms with van der Waals surface area (Å²) in [6.07, 6.45) is 1.03. The number of halogens is 1. The molecule has 1 amide bonds. The van der Waals surface area contributed by atoms with Crippen LogP contribution in [0.5, 0.6) is 0 Å². The monoisotopic (exact) mass is 282 g/mol. The maximum Gasteiger partial charge on any atom is 0.253 e. The zero-order valence-corrected chi connectivity index (χ0v) is 10.6. The van der Waals surface area contributed by atoms with Crippen LogP contribution in [-0.4, -0.2) is 30.4 Å². The minimum Gasteiger partial charge on any atom is -0.338 e. The van der Waals surface area contributed by atoms with E-state index in [1.807, 2.05) is 29.2 Å². The van der Waals surface area contributed by atoms with Crippen molar-refractivity contribution < 1.29 is 4.79 Å². The van der Waals surface area contributed by atoms with E-state index in [4.69, 9.17) is 5.73 Å². The van der Waals surface area contributed by atoms with Crippen LogP contribution in [0.2, 0.25) is 0 Å². The molecule has 0 spiro atoms. The summed E-state index contributed by atoms with van der Waals surface area (Å²) < 4.78 is 0.991. The first-order valence-electron chi connectivity index (χ1n) is 5.45. The van der Waals surface area contributed by atoms with Gasteiger partial charge in [-0.1, -0.05) is 15.9 Å². The highest BCUT2D eigenvalue weighted by Gasteiger charge is 2.25. The lowest BCUT2D eigenvalue weighted by Gasteiger charge is -2.16. The molecule has 0 aliphatic carbocycles. The zero-order valence-electron chi connectivity index (χ0n) is 9.03. The third kappa shape index (κ3) is 2.44. The van der Waals surface area contributed by atoms with Crippen molar-refractivity contribution in [1.29, 1.82) is 0 Å². The van der Waals surface area contributed by atoms with Crippen molar-refractivity contribution in [2.45, 2.75) is 6.42 Å². The van der Waals surface area contributed by atoms with E-state index in [-0.39, 0.29) is 5.91 Å². The third-order valence-corrected chi connectivity index (χ3v) is 3.53. The fourth-order valence-corrected chi connectivity index (χ4v) is 2.25. The lowest BCUT2D eigenvalue weighted by atomic mass is 10.1. The number of amides is 1. The number of hydrogen-bond donors (Lipinski definition) is 1. The second-order valence-electron chi connectivity index (χ2n) is 4.15. The minimum absolute atomic E-state index is 0.114. The Morgan fingerprint density at radius 1 is 1.44 bits per heavy atom. The molecule has 4 heteroatoms. The van der Waals surface area contributed by atoms with Crippen LogP contribution in [0, 0.1) is 5.92 Å². The molecular weight excluding hydrogens is 268 g/mol. The molecule has 0 bridgehead atoms. The van der Waals surface area contributed by atoms with Gasteiger partial charge in [0.25, 0.3) is 5.91 Å². The molecule has 1 aromatic rings. The highest BCUT2D eigenvalue weighted by Crippen LogP contribution is 2.18. The number of rotatable bonds is 2. The van der Waals surface area contributed by atoms with Gasteiger partial charge in [0.15, 0.2) is 0 Å². The normalized spacial score (nSPS) is 20.1. The van der Waals surface area contributed by atoms with Crippen LogP contribution >= 0.6 is 15.9 Å². The minimum atomic E-state index is 0.114. The van der Waals surface area contributed by atoms with E-state index in [2.05, 4.69) is 15.9 Å². The number of carbonyl (C=O) groups excluding carboxylic acids is 1. The summed E-state index contributed by atoms with van der Waals surface area (Å²) in [5, 5.41) is 0. The molecule has 86 valence electrons. The van der Waals surface area contributed by atoms with Crippen molar-refractivity contribution in [3.05, 3.63) is 34.3 Å². The molecule has 1 unspecified atom stereocenters. The Labute approximate surface area is 104 Å². The van der Waals surface area contributed by atoms with Crippen molar-refractivity contribution in [2.75, 3.05) is 19.6 Å². The predicted octanol–water partition coefficient (Wildman–Crippen LogP) is 1.87. The van der Waals surface area contributed by atoms with Gasteiger partial charge in [-0.2, -0.15) is 0 Å². The van der Waals surface area contributed by atoms with Crippen LogP contribution in [0.15, 0.2) is 28.7 Å². The Kier molecular flexibility index (Phi) is 3.61. The molecule has 2 N–H and O–H groups in total. The average molecular weight is 283 g/mol. The Morgan fingerprint density at radius 2 is 2.12 bits per heavy atom. The van der Waals surface area contributed by atoms with Gasteiger partial charge in [0, 0.05) is 23.1 Å². The molecule has 1 fully saturated rings. The lowest BCUT2D eigenvalue weighted by Crippen LogP contribution is -2.29. The summed E-state index contributed by atoms with van der Waals surface area (Å²) in [5.74, 6) is 0.586. The van der Waals surface area contributed by atoms with Crippen LogP contribution in [0.3, 0.4) is 0 Å². The number of benzene rings is 1. The first-order chi connectivity index (χ1) is 7.70. The fraction of sp³-hybridized carbons (Fsp3) is 0.417. The Bertz CT molecular complexity index is 377. The third-order valence-electron chi connectivity index (χ3n) is 3.00. The van der Waals surface area contributed by atoms with E-state index < -0.39 is 0 Å². The summed E-state index contributed by atoms with van der Waals surface area (Å²) in [4.78, 5) is 14.0. The first-order valence-corrected chi connectivity index (χ1v) is 6.25. The molecule has 1 heterocycles. The van der Waals surface area contributed by atoms with E-state index in [0.717, 1.165) is 29.5 Å². The number of likely N-dealkylation sites (tertiary alicyclic amines) is 1. The van der Waals surface area contributed by atoms with Gasteiger partial charge in [-0.3, -0.25) is 4.79 Å². The predicted molar refractivity (Wildman–Crippen MR) is 67.2 cm³/mol. The van der Waals surface area contributed by atoms with E-state index >= 15 is 0 Å². The van der Waals surface area contributed by atoms with Crippen molar-refractivity contribution in [2.24, 2.45) is 11.7 Å². The summed E-state index contributed by atoms with van der Waals surface area (Å²) in [7, 11) is 0. The number of carbonyl (C=O) groups is 1. The summed E-state index contributed by atoms with van der Waals surface area (Å²) in [6, 6.07) is 7.48. The molecular formula is C12H15BrN2O. The topological polar surface area (TPSA) is 46.3 Å². The van der Waals surface area contributed by atoms with Crippen LogP contribution in [0.25, 0.3) is 0 Å². The second kappa shape index (κ2) is 4.97. The van der Waals surface area contributed by atoms with E-state index in [1.54, 1.807) is 0 Å². The van der Waals surface area contributed by atoms with Crippen LogP contribution in [0.4, 0.5) is 0 Å². The maximum absolute atomic E-state index is 12.1. The van der Waals surface area contributed by atoms with Gasteiger partial charge in [0.2, 0.25) is 0 Å². The van der Waals surface area contributed by atoms with Crippen LogP contribution < -0.4 is 5.73 Å². The van der Waals surface area contributed by atoms with Gasteiger partial charge in [0.1, 0.15) is 0 Å². The van der Waals surface area contributed by atoms with Crippen LogP contribution in [0.1, 0.15) is 16.8 Å². The van der Waals surface area contributed by atoms with Crippen molar-refractivity contribution >= 4 is 21.8 Å². The molecule has 16 heavy (non-hydrogen) atoms. The standard InChI is InChI=1S/C12H15BrN2O/c13-11-3-1-10(2-4-11)12(16)15-6-5-9(7-14)8-15/h1-4,9H,5-8,14H2. The fourth-order valence-electron chi connectivity index (χ4n) is 1.98. The SMILES string of the molecule is NCC1CCN(C(=O)c2ccc(Br)cc2)C1. The quantitative estimate of drug-likeness (QED) is 0.900. The van der Waals surface area contributed by atoms with Gasteiger partial charge >= 0.3 is 0 Å². The number of hydrogen-bond acceptors (Lipinski definition) is 2. The van der Waals surface area contributed by atoms with E-state index in [9.17, 15) is 4.79 Å². The molecule has 0 saturated carbocycles. The van der Waals surface area contributed by atoms with E-state index in [1.165, 1.54) is 0 Å². The number of nitrogens with zero attached hydrogens (tertiary/aromatic N) is 1. The highest BCUT2D eigenvalue weighted by atomic mass is 79.9. The van der Waals surface area contributed by atoms with Crippen molar-refractivity contribution in [3.63, 3.8) is 0 Å². The molecule has 1 aliphatic heterocycles. The molecule has 1 saturated heterocycles. The Morgan fingerprint density at radius 3 is 2.69 bits per heavy atom. The van der Waals surface area contributed by atoms with Crippen molar-refractivity contribution in [1.82, 2.24) is 4.90 Å². The van der Waals surface area contributed by atoms with Gasteiger partial charge < -0.3 is 10.6 Å². The van der Waals surface area contributed by atoms with Crippen molar-refractivity contribution in [3.8, 4) is 0 Å². The van der Waals surface area contributed by atoms with Gasteiger partial charge in [-0.25, -0.2) is 0 Å². The molecule has 1 atom stereocenters. The molecule has 3 nitrogen and oxygen atoms in total. The molecule has 1 aromatic carbocycles.